The Morgan fingerprint density at radius 3 is 2.43 bits per heavy atom. The highest BCUT2D eigenvalue weighted by atomic mass is 16.8. The quantitative estimate of drug-likeness (QED) is 0.0522. The number of fused-ring (bicyclic) bond motifs is 6. The van der Waals surface area contributed by atoms with Gasteiger partial charge in [-0.05, 0) is 110 Å². The van der Waals surface area contributed by atoms with Crippen LogP contribution in [0.2, 0.25) is 0 Å². The molecule has 17 nitrogen and oxygen atoms in total. The number of aromatic hydroxyl groups is 3. The number of aliphatic carboxylic acids is 1. The smallest absolute Gasteiger partial charge is 0.355 e. The van der Waals surface area contributed by atoms with E-state index in [-0.39, 0.29) is 28.7 Å². The number of nitrogens with zero attached hydrogens (tertiary/aromatic N) is 2. The lowest BCUT2D eigenvalue weighted by atomic mass is 9.48. The summed E-state index contributed by atoms with van der Waals surface area (Å²) in [6.07, 6.45) is 8.93. The predicted octanol–water partition coefficient (Wildman–Crippen LogP) is 4.69. The Morgan fingerprint density at radius 2 is 1.69 bits per heavy atom. The van der Waals surface area contributed by atoms with Gasteiger partial charge in [-0.25, -0.2) is 9.78 Å². The van der Waals surface area contributed by atoms with Crippen LogP contribution in [0, 0.1) is 11.8 Å². The highest BCUT2D eigenvalue weighted by Crippen LogP contribution is 2.69. The van der Waals surface area contributed by atoms with Gasteiger partial charge in [-0.15, -0.1) is 0 Å². The summed E-state index contributed by atoms with van der Waals surface area (Å²) in [5.41, 5.74) is 0.338. The molecular formula is C53H61N3O14. The summed E-state index contributed by atoms with van der Waals surface area (Å²) in [5.74, 6) is -8.34. The van der Waals surface area contributed by atoms with Crippen molar-refractivity contribution in [2.75, 3.05) is 11.5 Å². The summed E-state index contributed by atoms with van der Waals surface area (Å²) in [5, 5.41) is 112. The second kappa shape index (κ2) is 18.1. The number of anilines is 1. The summed E-state index contributed by atoms with van der Waals surface area (Å²) in [4.78, 5) is 38.3. The number of carbonyl (C=O) groups excluding carboxylic acids is 1. The topological polar surface area (TPSA) is 287 Å². The van der Waals surface area contributed by atoms with Crippen molar-refractivity contribution in [3.05, 3.63) is 112 Å². The lowest BCUT2D eigenvalue weighted by Crippen LogP contribution is -2.67. The van der Waals surface area contributed by atoms with Crippen LogP contribution in [0.25, 0.3) is 6.08 Å². The number of ether oxygens (including phenoxy) is 2. The fraction of sp³-hybridized carbons (Fsp3) is 0.491. The average Bonchev–Trinajstić information content (AvgIpc) is 4.06. The number of rotatable bonds is 12. The zero-order valence-corrected chi connectivity index (χ0v) is 38.7. The first-order valence-electron chi connectivity index (χ1n) is 24.4. The molecule has 1 amide bonds. The van der Waals surface area contributed by atoms with E-state index in [1.165, 1.54) is 36.7 Å². The van der Waals surface area contributed by atoms with E-state index >= 15 is 4.79 Å². The zero-order chi connectivity index (χ0) is 49.3. The van der Waals surface area contributed by atoms with E-state index in [9.17, 15) is 55.9 Å². The third-order valence-electron chi connectivity index (χ3n) is 16.6. The highest BCUT2D eigenvalue weighted by molar-refractivity contribution is 6.13. The fourth-order valence-corrected chi connectivity index (χ4v) is 13.4. The van der Waals surface area contributed by atoms with Gasteiger partial charge in [0.05, 0.1) is 24.2 Å². The number of aliphatic hydroxyl groups excluding tert-OH is 4. The maximum atomic E-state index is 15.4. The van der Waals surface area contributed by atoms with Gasteiger partial charge < -0.3 is 65.5 Å². The number of aliphatic hydroxyl groups is 6. The van der Waals surface area contributed by atoms with Crippen molar-refractivity contribution in [1.29, 1.82) is 0 Å². The van der Waals surface area contributed by atoms with Crippen LogP contribution in [0.4, 0.5) is 5.69 Å². The number of carboxylic acid groups (broad SMARTS) is 1. The molecule has 3 aromatic carbocycles. The Bertz CT molecular complexity index is 2720. The largest absolute Gasteiger partial charge is 0.508 e. The van der Waals surface area contributed by atoms with E-state index < -0.39 is 88.8 Å². The van der Waals surface area contributed by atoms with E-state index in [1.54, 1.807) is 30.5 Å². The second-order valence-corrected chi connectivity index (χ2v) is 20.4. The maximum Gasteiger partial charge on any atom is 0.355 e. The van der Waals surface area contributed by atoms with Crippen molar-refractivity contribution in [2.24, 2.45) is 11.8 Å². The van der Waals surface area contributed by atoms with Gasteiger partial charge in [0.1, 0.15) is 29.8 Å². The molecule has 372 valence electrons. The van der Waals surface area contributed by atoms with E-state index in [0.29, 0.717) is 56.1 Å². The molecule has 2 aliphatic heterocycles. The van der Waals surface area contributed by atoms with Crippen molar-refractivity contribution in [2.45, 2.75) is 143 Å². The van der Waals surface area contributed by atoms with Crippen LogP contribution in [-0.4, -0.2) is 121 Å². The van der Waals surface area contributed by atoms with Crippen LogP contribution in [0.15, 0.2) is 78.8 Å². The minimum absolute atomic E-state index is 0.0101. The fourth-order valence-electron chi connectivity index (χ4n) is 13.4. The summed E-state index contributed by atoms with van der Waals surface area (Å²) < 4.78 is 11.2. The number of amides is 1. The molecule has 11 N–H and O–H groups in total. The predicted molar refractivity (Wildman–Crippen MR) is 252 cm³/mol. The van der Waals surface area contributed by atoms with Gasteiger partial charge in [-0.1, -0.05) is 55.9 Å². The normalized spacial score (nSPS) is 32.2. The number of phenols is 3. The van der Waals surface area contributed by atoms with Gasteiger partial charge in [0, 0.05) is 58.8 Å². The molecule has 3 heterocycles. The lowest BCUT2D eigenvalue weighted by molar-refractivity contribution is -0.422. The number of H-pyrrole nitrogens is 1. The van der Waals surface area contributed by atoms with E-state index in [4.69, 9.17) is 9.47 Å². The third kappa shape index (κ3) is 7.77. The number of imidazole rings is 1. The minimum atomic E-state index is -3.18. The molecule has 1 aromatic heterocycles. The molecule has 10 atom stereocenters. The molecule has 0 radical (unpaired) electrons. The van der Waals surface area contributed by atoms with Crippen LogP contribution in [0.3, 0.4) is 0 Å². The molecule has 1 saturated heterocycles. The number of aryl methyl sites for hydroxylation is 1. The molecule has 3 fully saturated rings. The number of aromatic nitrogens is 2. The maximum absolute atomic E-state index is 15.4. The molecule has 70 heavy (non-hydrogen) atoms. The average molecular weight is 964 g/mol. The first-order chi connectivity index (χ1) is 33.5. The molecular weight excluding hydrogens is 903 g/mol. The van der Waals surface area contributed by atoms with Gasteiger partial charge in [-0.2, -0.15) is 0 Å². The van der Waals surface area contributed by atoms with Gasteiger partial charge in [0.25, 0.3) is 5.91 Å². The Morgan fingerprint density at radius 1 is 0.900 bits per heavy atom. The second-order valence-electron chi connectivity index (χ2n) is 20.4. The van der Waals surface area contributed by atoms with Gasteiger partial charge >= 0.3 is 11.9 Å². The number of aromatic amines is 1. The van der Waals surface area contributed by atoms with Crippen LogP contribution >= 0.6 is 0 Å². The Hall–Kier alpha value is -5.79. The van der Waals surface area contributed by atoms with Crippen molar-refractivity contribution < 1.29 is 70.1 Å². The summed E-state index contributed by atoms with van der Waals surface area (Å²) in [7, 11) is 0. The van der Waals surface area contributed by atoms with Crippen molar-refractivity contribution in [1.82, 2.24) is 9.97 Å². The minimum Gasteiger partial charge on any atom is -0.508 e. The van der Waals surface area contributed by atoms with Crippen molar-refractivity contribution in [3.63, 3.8) is 0 Å². The van der Waals surface area contributed by atoms with Crippen molar-refractivity contribution in [3.8, 4) is 23.0 Å². The summed E-state index contributed by atoms with van der Waals surface area (Å²) >= 11 is 0. The number of carbonyl (C=O) groups is 2. The highest BCUT2D eigenvalue weighted by Gasteiger charge is 2.69. The Labute approximate surface area is 404 Å². The molecule has 4 aliphatic carbocycles. The molecule has 2 saturated carbocycles. The zero-order valence-electron chi connectivity index (χ0n) is 38.7. The summed E-state index contributed by atoms with van der Waals surface area (Å²) in [6.45, 7) is -0.912. The number of phenolic OH excluding ortho intramolecular Hbond substituents is 3. The molecule has 4 aromatic rings. The number of hydrogen-bond donors (Lipinski definition) is 11. The SMILES string of the molecule is O=C(/C=C/c1ccc(O)c(Cc2cnc[nH]2)c1)N1c2cc(O[C@]3(O)O[C@H](CO)[C@@H](O)[C@H](O)[C@H]3O)c(O)cc2[C@H]2[C@H]([C@@]34CCCC[C@@H]3CCc3cccc(O)c34)C(CCC3(O)CCCCC3)=C[C@]21C(=O)O. The van der Waals surface area contributed by atoms with Crippen LogP contribution in [0.5, 0.6) is 23.0 Å². The van der Waals surface area contributed by atoms with Crippen LogP contribution in [0.1, 0.15) is 116 Å². The number of hydrogen-bond acceptors (Lipinski definition) is 14. The van der Waals surface area contributed by atoms with E-state index in [0.717, 1.165) is 72.2 Å². The van der Waals surface area contributed by atoms with Crippen LogP contribution in [-0.2, 0) is 32.6 Å². The molecule has 0 spiro atoms. The Balaban J connectivity index is 1.16. The number of allylic oxidation sites excluding steroid dienone is 1. The monoisotopic (exact) mass is 963 g/mol. The van der Waals surface area contributed by atoms with E-state index in [2.05, 4.69) is 9.97 Å². The first-order valence-corrected chi connectivity index (χ1v) is 24.4. The van der Waals surface area contributed by atoms with Crippen LogP contribution < -0.4 is 9.64 Å². The van der Waals surface area contributed by atoms with Gasteiger partial charge in [0.2, 0.25) is 0 Å². The molecule has 10 rings (SSSR count). The molecule has 6 aliphatic rings. The van der Waals surface area contributed by atoms with Crippen molar-refractivity contribution >= 4 is 23.6 Å². The molecule has 0 bridgehead atoms. The van der Waals surface area contributed by atoms with Gasteiger partial charge in [-0.3, -0.25) is 9.69 Å². The standard InChI is InChI=1S/C53H61N3O14/c57-27-41-46(62)47(63)48(64)53(68,70-41)69-40-24-36-35(23-39(40)60)45-44(51-19-5-2-8-33(51)13-12-30-7-6-9-38(59)43(30)51)31(16-20-50(67)17-3-1-4-18-50)25-52(45,49(65)66)56(36)42(61)15-11-29-10-14-37(58)32(21-29)22-34-26-54-28-55-34/h6-7,9-11,14-15,21,23-26,28,33,41,44-48,57-60,62-64,67-68H,1-5,8,12-13,16-20,22,27H2,(H,54,55)(H,65,66)/b15-11+/t33-,41-,44-,45+,46-,47+,48-,51+,52-,53+/m1/s1. The number of carboxylic acids is 1. The molecule has 0 unspecified atom stereocenters. The summed E-state index contributed by atoms with van der Waals surface area (Å²) in [6, 6.07) is 12.7. The third-order valence-corrected chi connectivity index (χ3v) is 16.6. The van der Waals surface area contributed by atoms with Gasteiger partial charge in [0.15, 0.2) is 23.1 Å². The number of nitrogens with one attached hydrogen (secondary N) is 1. The van der Waals surface area contributed by atoms with E-state index in [1.807, 2.05) is 12.1 Å². The lowest BCUT2D eigenvalue weighted by Gasteiger charge is -2.55. The molecule has 17 heteroatoms. The number of benzene rings is 3. The Kier molecular flexibility index (Phi) is 12.4. The first kappa shape index (κ1) is 47.9.